The van der Waals surface area contributed by atoms with Gasteiger partial charge in [0.1, 0.15) is 5.37 Å². The third kappa shape index (κ3) is 3.14. The van der Waals surface area contributed by atoms with Crippen LogP contribution >= 0.6 is 11.8 Å². The SMILES string of the molecule is Cc1ccc(C2SCCN2C(=O)c2cccc([N+](=O)[O-])c2)c(C)c1. The topological polar surface area (TPSA) is 63.5 Å². The van der Waals surface area contributed by atoms with Crippen molar-refractivity contribution >= 4 is 23.4 Å². The Morgan fingerprint density at radius 2 is 2.04 bits per heavy atom. The Balaban J connectivity index is 1.91. The Hall–Kier alpha value is -2.34. The maximum atomic E-state index is 12.9. The van der Waals surface area contributed by atoms with Crippen molar-refractivity contribution in [3.8, 4) is 0 Å². The van der Waals surface area contributed by atoms with E-state index < -0.39 is 4.92 Å². The molecule has 1 aliphatic rings. The highest BCUT2D eigenvalue weighted by molar-refractivity contribution is 7.99. The van der Waals surface area contributed by atoms with E-state index in [-0.39, 0.29) is 17.0 Å². The van der Waals surface area contributed by atoms with Crippen LogP contribution in [0.3, 0.4) is 0 Å². The van der Waals surface area contributed by atoms with Crippen LogP contribution in [0.15, 0.2) is 42.5 Å². The van der Waals surface area contributed by atoms with Crippen molar-refractivity contribution in [3.05, 3.63) is 74.8 Å². The monoisotopic (exact) mass is 342 g/mol. The maximum Gasteiger partial charge on any atom is 0.270 e. The zero-order valence-electron chi connectivity index (χ0n) is 13.6. The highest BCUT2D eigenvalue weighted by atomic mass is 32.2. The molecule has 3 rings (SSSR count). The number of benzene rings is 2. The van der Waals surface area contributed by atoms with Gasteiger partial charge >= 0.3 is 0 Å². The van der Waals surface area contributed by atoms with E-state index >= 15 is 0 Å². The number of non-ortho nitro benzene ring substituents is 1. The van der Waals surface area contributed by atoms with E-state index in [1.807, 2.05) is 6.92 Å². The second kappa shape index (κ2) is 6.65. The van der Waals surface area contributed by atoms with E-state index in [1.165, 1.54) is 17.7 Å². The van der Waals surface area contributed by atoms with E-state index in [4.69, 9.17) is 0 Å². The zero-order chi connectivity index (χ0) is 17.3. The molecule has 0 radical (unpaired) electrons. The van der Waals surface area contributed by atoms with Crippen LogP contribution in [0.2, 0.25) is 0 Å². The van der Waals surface area contributed by atoms with Gasteiger partial charge in [0.25, 0.3) is 11.6 Å². The van der Waals surface area contributed by atoms with Gasteiger partial charge in [-0.1, -0.05) is 29.8 Å². The number of thioether (sulfide) groups is 1. The molecule has 1 unspecified atom stereocenters. The Labute approximate surface area is 144 Å². The molecule has 5 nitrogen and oxygen atoms in total. The summed E-state index contributed by atoms with van der Waals surface area (Å²) < 4.78 is 0. The molecule has 1 saturated heterocycles. The molecule has 6 heteroatoms. The summed E-state index contributed by atoms with van der Waals surface area (Å²) in [5.74, 6) is 0.701. The van der Waals surface area contributed by atoms with Crippen molar-refractivity contribution in [2.24, 2.45) is 0 Å². The molecule has 0 aliphatic carbocycles. The average molecular weight is 342 g/mol. The second-order valence-electron chi connectivity index (χ2n) is 5.89. The lowest BCUT2D eigenvalue weighted by Gasteiger charge is -2.25. The number of aryl methyl sites for hydroxylation is 2. The minimum atomic E-state index is -0.475. The summed E-state index contributed by atoms with van der Waals surface area (Å²) >= 11 is 1.73. The number of hydrogen-bond acceptors (Lipinski definition) is 4. The number of hydrogen-bond donors (Lipinski definition) is 0. The first-order valence-electron chi connectivity index (χ1n) is 7.71. The molecular weight excluding hydrogens is 324 g/mol. The van der Waals surface area contributed by atoms with Gasteiger partial charge in [-0.3, -0.25) is 14.9 Å². The molecule has 0 bridgehead atoms. The molecule has 1 amide bonds. The average Bonchev–Trinajstić information content (AvgIpc) is 3.03. The van der Waals surface area contributed by atoms with Gasteiger partial charge in [-0.25, -0.2) is 0 Å². The van der Waals surface area contributed by atoms with E-state index in [2.05, 4.69) is 25.1 Å². The molecule has 1 atom stereocenters. The van der Waals surface area contributed by atoms with Crippen LogP contribution in [0, 0.1) is 24.0 Å². The first kappa shape index (κ1) is 16.5. The van der Waals surface area contributed by atoms with Crippen LogP contribution in [-0.2, 0) is 0 Å². The second-order valence-corrected chi connectivity index (χ2v) is 7.08. The molecule has 0 aromatic heterocycles. The van der Waals surface area contributed by atoms with Gasteiger partial charge in [0.15, 0.2) is 0 Å². The van der Waals surface area contributed by atoms with Crippen molar-refractivity contribution in [2.75, 3.05) is 12.3 Å². The largest absolute Gasteiger partial charge is 0.322 e. The third-order valence-electron chi connectivity index (χ3n) is 4.15. The van der Waals surface area contributed by atoms with Crippen molar-refractivity contribution in [3.63, 3.8) is 0 Å². The molecule has 2 aromatic carbocycles. The molecular formula is C18H18N2O3S. The molecule has 0 saturated carbocycles. The smallest absolute Gasteiger partial charge is 0.270 e. The summed E-state index contributed by atoms with van der Waals surface area (Å²) in [6.07, 6.45) is 0. The number of carbonyl (C=O) groups is 1. The Morgan fingerprint density at radius 3 is 2.75 bits per heavy atom. The van der Waals surface area contributed by atoms with Crippen molar-refractivity contribution < 1.29 is 9.72 Å². The summed E-state index contributed by atoms with van der Waals surface area (Å²) in [7, 11) is 0. The van der Waals surface area contributed by atoms with Crippen LogP contribution < -0.4 is 0 Å². The molecule has 1 aliphatic heterocycles. The molecule has 2 aromatic rings. The van der Waals surface area contributed by atoms with E-state index in [0.717, 1.165) is 16.9 Å². The highest BCUT2D eigenvalue weighted by Crippen LogP contribution is 2.40. The molecule has 1 heterocycles. The zero-order valence-corrected chi connectivity index (χ0v) is 14.4. The quantitative estimate of drug-likeness (QED) is 0.622. The van der Waals surface area contributed by atoms with E-state index in [9.17, 15) is 14.9 Å². The molecule has 1 fully saturated rings. The van der Waals surface area contributed by atoms with Crippen molar-refractivity contribution in [2.45, 2.75) is 19.2 Å². The standard InChI is InChI=1S/C18H18N2O3S/c1-12-6-7-16(13(2)10-12)18-19(8-9-24-18)17(21)14-4-3-5-15(11-14)20(22)23/h3-7,10-11,18H,8-9H2,1-2H3. The fraction of sp³-hybridized carbons (Fsp3) is 0.278. The minimum absolute atomic E-state index is 0.0441. The summed E-state index contributed by atoms with van der Waals surface area (Å²) in [4.78, 5) is 25.1. The summed E-state index contributed by atoms with van der Waals surface area (Å²) in [5.41, 5.74) is 3.78. The molecule has 0 N–H and O–H groups in total. The van der Waals surface area contributed by atoms with Crippen LogP contribution in [-0.4, -0.2) is 28.0 Å². The first-order valence-corrected chi connectivity index (χ1v) is 8.76. The molecule has 124 valence electrons. The summed E-state index contributed by atoms with van der Waals surface area (Å²) in [6.45, 7) is 4.74. The van der Waals surface area contributed by atoms with Gasteiger partial charge in [0.05, 0.1) is 4.92 Å². The maximum absolute atomic E-state index is 12.9. The highest BCUT2D eigenvalue weighted by Gasteiger charge is 2.32. The lowest BCUT2D eigenvalue weighted by atomic mass is 10.0. The van der Waals surface area contributed by atoms with Gasteiger partial charge in [0.2, 0.25) is 0 Å². The Morgan fingerprint density at radius 1 is 1.25 bits per heavy atom. The van der Waals surface area contributed by atoms with E-state index in [0.29, 0.717) is 12.1 Å². The van der Waals surface area contributed by atoms with Gasteiger partial charge < -0.3 is 4.90 Å². The fourth-order valence-corrected chi connectivity index (χ4v) is 4.31. The number of rotatable bonds is 3. The van der Waals surface area contributed by atoms with Gasteiger partial charge in [0, 0.05) is 30.0 Å². The van der Waals surface area contributed by atoms with Crippen LogP contribution in [0.4, 0.5) is 5.69 Å². The lowest BCUT2D eigenvalue weighted by Crippen LogP contribution is -2.30. The van der Waals surface area contributed by atoms with Crippen LogP contribution in [0.1, 0.15) is 32.4 Å². The third-order valence-corrected chi connectivity index (χ3v) is 5.39. The van der Waals surface area contributed by atoms with Gasteiger partial charge in [-0.15, -0.1) is 11.8 Å². The van der Waals surface area contributed by atoms with Crippen molar-refractivity contribution in [1.29, 1.82) is 0 Å². The van der Waals surface area contributed by atoms with Crippen LogP contribution in [0.25, 0.3) is 0 Å². The van der Waals surface area contributed by atoms with Crippen molar-refractivity contribution in [1.82, 2.24) is 4.90 Å². The Bertz CT molecular complexity index is 807. The predicted octanol–water partition coefficient (Wildman–Crippen LogP) is 4.10. The lowest BCUT2D eigenvalue weighted by molar-refractivity contribution is -0.384. The number of carbonyl (C=O) groups excluding carboxylic acids is 1. The Kier molecular flexibility index (Phi) is 4.57. The number of nitrogens with zero attached hydrogens (tertiary/aromatic N) is 2. The van der Waals surface area contributed by atoms with E-state index in [1.54, 1.807) is 28.8 Å². The molecule has 0 spiro atoms. The summed E-state index contributed by atoms with van der Waals surface area (Å²) in [6, 6.07) is 12.2. The minimum Gasteiger partial charge on any atom is -0.322 e. The number of nitro groups is 1. The normalized spacial score (nSPS) is 17.1. The first-order chi connectivity index (χ1) is 11.5. The van der Waals surface area contributed by atoms with Gasteiger partial charge in [-0.2, -0.15) is 0 Å². The fourth-order valence-electron chi connectivity index (χ4n) is 2.96. The summed E-state index contributed by atoms with van der Waals surface area (Å²) in [5, 5.41) is 10.9. The van der Waals surface area contributed by atoms with Crippen LogP contribution in [0.5, 0.6) is 0 Å². The molecule has 24 heavy (non-hydrogen) atoms. The van der Waals surface area contributed by atoms with Gasteiger partial charge in [-0.05, 0) is 31.0 Å². The number of amides is 1. The predicted molar refractivity (Wildman–Crippen MR) is 95.2 cm³/mol. The number of nitro benzene ring substituents is 1.